The van der Waals surface area contributed by atoms with Gasteiger partial charge in [-0.3, -0.25) is 0 Å². The van der Waals surface area contributed by atoms with E-state index in [9.17, 15) is 0 Å². The van der Waals surface area contributed by atoms with Crippen molar-refractivity contribution in [3.8, 4) is 0 Å². The van der Waals surface area contributed by atoms with Crippen LogP contribution >= 0.6 is 0 Å². The van der Waals surface area contributed by atoms with E-state index in [0.29, 0.717) is 6.54 Å². The van der Waals surface area contributed by atoms with Crippen LogP contribution in [0.1, 0.15) is 32.2 Å². The van der Waals surface area contributed by atoms with Gasteiger partial charge in [-0.15, -0.1) is 0 Å². The summed E-state index contributed by atoms with van der Waals surface area (Å²) >= 11 is 0. The second kappa shape index (κ2) is 6.62. The maximum absolute atomic E-state index is 5.42. The highest BCUT2D eigenvalue weighted by atomic mass is 16.5. The monoisotopic (exact) mass is 315 g/mol. The zero-order valence-electron chi connectivity index (χ0n) is 14.1. The van der Waals surface area contributed by atoms with Gasteiger partial charge in [0.1, 0.15) is 11.5 Å². The summed E-state index contributed by atoms with van der Waals surface area (Å²) < 4.78 is 10.8. The van der Waals surface area contributed by atoms with Crippen LogP contribution in [0.25, 0.3) is 0 Å². The van der Waals surface area contributed by atoms with Crippen molar-refractivity contribution in [2.24, 2.45) is 0 Å². The molecule has 0 atom stereocenters. The maximum atomic E-state index is 5.42. The fourth-order valence-electron chi connectivity index (χ4n) is 2.58. The summed E-state index contributed by atoms with van der Waals surface area (Å²) in [6.07, 6.45) is 0. The second-order valence-corrected chi connectivity index (χ2v) is 6.94. The van der Waals surface area contributed by atoms with Crippen molar-refractivity contribution < 1.29 is 9.26 Å². The van der Waals surface area contributed by atoms with Crippen molar-refractivity contribution in [1.82, 2.24) is 5.16 Å². The Morgan fingerprint density at radius 2 is 1.96 bits per heavy atom. The van der Waals surface area contributed by atoms with Crippen molar-refractivity contribution in [2.75, 3.05) is 36.5 Å². The van der Waals surface area contributed by atoms with Gasteiger partial charge in [0.15, 0.2) is 0 Å². The molecule has 0 saturated carbocycles. The second-order valence-electron chi connectivity index (χ2n) is 6.94. The number of morpholine rings is 1. The van der Waals surface area contributed by atoms with Crippen LogP contribution in [0.4, 0.5) is 11.4 Å². The Morgan fingerprint density at radius 1 is 1.17 bits per heavy atom. The van der Waals surface area contributed by atoms with Crippen molar-refractivity contribution in [2.45, 2.75) is 32.7 Å². The third-order valence-corrected chi connectivity index (χ3v) is 3.99. The van der Waals surface area contributed by atoms with E-state index in [-0.39, 0.29) is 5.41 Å². The molecule has 5 heteroatoms. The molecule has 0 bridgehead atoms. The van der Waals surface area contributed by atoms with Crippen LogP contribution in [0, 0.1) is 0 Å². The molecular weight excluding hydrogens is 290 g/mol. The van der Waals surface area contributed by atoms with Crippen molar-refractivity contribution >= 4 is 11.4 Å². The third-order valence-electron chi connectivity index (χ3n) is 3.99. The maximum Gasteiger partial charge on any atom is 0.142 e. The Hall–Kier alpha value is -2.01. The summed E-state index contributed by atoms with van der Waals surface area (Å²) in [6.45, 7) is 10.5. The standard InChI is InChI=1S/C18H25N3O2/c1-18(2,3)17-12-15(20-23-17)13-19-14-5-4-6-16(11-14)21-7-9-22-10-8-21/h4-6,11-12,19H,7-10,13H2,1-3H3. The molecule has 5 nitrogen and oxygen atoms in total. The molecule has 1 aromatic heterocycles. The molecule has 3 rings (SSSR count). The molecule has 1 aliphatic rings. The number of nitrogens with zero attached hydrogens (tertiary/aromatic N) is 2. The van der Waals surface area contributed by atoms with E-state index in [2.05, 4.69) is 60.4 Å². The normalized spacial score (nSPS) is 15.7. The van der Waals surface area contributed by atoms with E-state index in [0.717, 1.165) is 43.4 Å². The minimum absolute atomic E-state index is 0.0124. The zero-order chi connectivity index (χ0) is 16.3. The Kier molecular flexibility index (Phi) is 4.57. The van der Waals surface area contributed by atoms with Gasteiger partial charge in [0, 0.05) is 35.9 Å². The molecule has 0 amide bonds. The topological polar surface area (TPSA) is 50.5 Å². The fraction of sp³-hybridized carbons (Fsp3) is 0.500. The van der Waals surface area contributed by atoms with Crippen LogP contribution in [0.3, 0.4) is 0 Å². The Morgan fingerprint density at radius 3 is 2.65 bits per heavy atom. The van der Waals surface area contributed by atoms with Crippen LogP contribution in [-0.2, 0) is 16.7 Å². The average molecular weight is 315 g/mol. The molecule has 23 heavy (non-hydrogen) atoms. The first-order valence-electron chi connectivity index (χ1n) is 8.15. The molecule has 1 aromatic carbocycles. The molecule has 0 aliphatic carbocycles. The summed E-state index contributed by atoms with van der Waals surface area (Å²) in [6, 6.07) is 10.5. The molecule has 0 unspecified atom stereocenters. The van der Waals surface area contributed by atoms with E-state index in [1.165, 1.54) is 5.69 Å². The molecule has 1 N–H and O–H groups in total. The lowest BCUT2D eigenvalue weighted by molar-refractivity contribution is 0.122. The summed E-state index contributed by atoms with van der Waals surface area (Å²) in [5.74, 6) is 0.913. The molecule has 2 heterocycles. The van der Waals surface area contributed by atoms with Crippen molar-refractivity contribution in [3.05, 3.63) is 41.8 Å². The molecule has 1 saturated heterocycles. The molecule has 1 aliphatic heterocycles. The van der Waals surface area contributed by atoms with Gasteiger partial charge in [-0.2, -0.15) is 0 Å². The van der Waals surface area contributed by atoms with E-state index in [1.807, 2.05) is 6.07 Å². The van der Waals surface area contributed by atoms with Gasteiger partial charge >= 0.3 is 0 Å². The highest BCUT2D eigenvalue weighted by Gasteiger charge is 2.19. The lowest BCUT2D eigenvalue weighted by Gasteiger charge is -2.29. The smallest absolute Gasteiger partial charge is 0.142 e. The average Bonchev–Trinajstić information content (AvgIpc) is 3.03. The van der Waals surface area contributed by atoms with Crippen LogP contribution in [0.2, 0.25) is 0 Å². The minimum atomic E-state index is -0.0124. The van der Waals surface area contributed by atoms with E-state index >= 15 is 0 Å². The Balaban J connectivity index is 1.63. The molecule has 0 spiro atoms. The lowest BCUT2D eigenvalue weighted by Crippen LogP contribution is -2.36. The number of hydrogen-bond donors (Lipinski definition) is 1. The molecule has 2 aromatic rings. The molecule has 0 radical (unpaired) electrons. The van der Waals surface area contributed by atoms with E-state index in [4.69, 9.17) is 9.26 Å². The summed E-state index contributed by atoms with van der Waals surface area (Å²) in [5.41, 5.74) is 3.23. The van der Waals surface area contributed by atoms with Crippen molar-refractivity contribution in [3.63, 3.8) is 0 Å². The lowest BCUT2D eigenvalue weighted by atomic mass is 9.93. The minimum Gasteiger partial charge on any atom is -0.379 e. The van der Waals surface area contributed by atoms with Crippen LogP contribution in [0.15, 0.2) is 34.9 Å². The van der Waals surface area contributed by atoms with E-state index < -0.39 is 0 Å². The zero-order valence-corrected chi connectivity index (χ0v) is 14.1. The van der Waals surface area contributed by atoms with Gasteiger partial charge in [-0.1, -0.05) is 32.0 Å². The number of rotatable bonds is 4. The Labute approximate surface area is 137 Å². The van der Waals surface area contributed by atoms with Gasteiger partial charge in [0.25, 0.3) is 0 Å². The molecular formula is C18H25N3O2. The van der Waals surface area contributed by atoms with Gasteiger partial charge in [-0.25, -0.2) is 0 Å². The highest BCUT2D eigenvalue weighted by Crippen LogP contribution is 2.24. The number of ether oxygens (including phenoxy) is 1. The van der Waals surface area contributed by atoms with Crippen LogP contribution in [0.5, 0.6) is 0 Å². The third kappa shape index (κ3) is 4.05. The SMILES string of the molecule is CC(C)(C)c1cc(CNc2cccc(N3CCOCC3)c2)no1. The number of aromatic nitrogens is 1. The largest absolute Gasteiger partial charge is 0.379 e. The van der Waals surface area contributed by atoms with Crippen LogP contribution in [-0.4, -0.2) is 31.5 Å². The number of nitrogens with one attached hydrogen (secondary N) is 1. The number of benzene rings is 1. The van der Waals surface area contributed by atoms with Gasteiger partial charge < -0.3 is 19.5 Å². The predicted octanol–water partition coefficient (Wildman–Crippen LogP) is 3.42. The summed E-state index contributed by atoms with van der Waals surface area (Å²) in [5, 5.41) is 7.57. The summed E-state index contributed by atoms with van der Waals surface area (Å²) in [4.78, 5) is 2.35. The summed E-state index contributed by atoms with van der Waals surface area (Å²) in [7, 11) is 0. The fourth-order valence-corrected chi connectivity index (χ4v) is 2.58. The quantitative estimate of drug-likeness (QED) is 0.937. The van der Waals surface area contributed by atoms with Crippen LogP contribution < -0.4 is 10.2 Å². The molecule has 124 valence electrons. The Bertz CT molecular complexity index is 640. The van der Waals surface area contributed by atoms with Gasteiger partial charge in [0.2, 0.25) is 0 Å². The first-order chi connectivity index (χ1) is 11.0. The number of hydrogen-bond acceptors (Lipinski definition) is 5. The van der Waals surface area contributed by atoms with Gasteiger partial charge in [0.05, 0.1) is 19.8 Å². The number of anilines is 2. The van der Waals surface area contributed by atoms with Gasteiger partial charge in [-0.05, 0) is 18.2 Å². The molecule has 1 fully saturated rings. The first-order valence-corrected chi connectivity index (χ1v) is 8.15. The first kappa shape index (κ1) is 15.9. The van der Waals surface area contributed by atoms with E-state index in [1.54, 1.807) is 0 Å². The highest BCUT2D eigenvalue weighted by molar-refractivity contribution is 5.58. The van der Waals surface area contributed by atoms with Crippen molar-refractivity contribution in [1.29, 1.82) is 0 Å². The predicted molar refractivity (Wildman–Crippen MR) is 92.0 cm³/mol.